The first-order valence-corrected chi connectivity index (χ1v) is 14.9. The summed E-state index contributed by atoms with van der Waals surface area (Å²) in [7, 11) is 0. The van der Waals surface area contributed by atoms with Crippen LogP contribution in [0.1, 0.15) is 54.9 Å². The standard InChI is InChI=1S/C24H21N2OS.C14H14N.Ir/c1-14-8-9-18-17-6-5-7-19(21(17)27-23(18)26-14)20-22-15(10-11-25-20)12-16(28-22)13-24(2,3)4;1-10-4-6-13(7-5-10)14-8-11(2)12(3)9-15-14;/h5-6,8-12H,13H2,1-4H3;4-6,8-9H,1-3H3;/q2*-1;/i1D3,13D2;;. The van der Waals surface area contributed by atoms with E-state index in [9.17, 15) is 0 Å². The summed E-state index contributed by atoms with van der Waals surface area (Å²) in [5.74, 6) is 0. The molecule has 0 amide bonds. The molecule has 6 heteroatoms. The molecular weight excluding hydrogens is 739 g/mol. The van der Waals surface area contributed by atoms with Crippen LogP contribution in [0.2, 0.25) is 0 Å². The van der Waals surface area contributed by atoms with Gasteiger partial charge in [0.15, 0.2) is 0 Å². The zero-order valence-corrected chi connectivity index (χ0v) is 28.6. The van der Waals surface area contributed by atoms with Crippen molar-refractivity contribution in [2.24, 2.45) is 5.41 Å². The second-order valence-corrected chi connectivity index (χ2v) is 12.8. The van der Waals surface area contributed by atoms with Crippen LogP contribution in [-0.4, -0.2) is 15.0 Å². The Kier molecular flexibility index (Phi) is 7.41. The smallest absolute Gasteiger partial charge is 0.216 e. The number of furan rings is 1. The zero-order valence-electron chi connectivity index (χ0n) is 30.4. The molecule has 0 fully saturated rings. The Morgan fingerprint density at radius 2 is 1.80 bits per heavy atom. The molecule has 7 aromatic rings. The van der Waals surface area contributed by atoms with Crippen molar-refractivity contribution in [3.05, 3.63) is 112 Å². The first-order chi connectivity index (χ1) is 22.5. The largest absolute Gasteiger partial charge is 0.486 e. The molecule has 0 N–H and O–H groups in total. The number of benzene rings is 2. The minimum Gasteiger partial charge on any atom is -0.486 e. The molecule has 7 rings (SSSR count). The molecule has 0 aliphatic carbocycles. The van der Waals surface area contributed by atoms with E-state index in [1.807, 2.05) is 51.2 Å². The van der Waals surface area contributed by atoms with Gasteiger partial charge < -0.3 is 14.4 Å². The van der Waals surface area contributed by atoms with E-state index >= 15 is 0 Å². The van der Waals surface area contributed by atoms with Gasteiger partial charge in [0.05, 0.1) is 5.58 Å². The van der Waals surface area contributed by atoms with Gasteiger partial charge in [-0.1, -0.05) is 50.3 Å². The van der Waals surface area contributed by atoms with Crippen molar-refractivity contribution in [2.75, 3.05) is 0 Å². The van der Waals surface area contributed by atoms with Crippen LogP contribution in [0.25, 0.3) is 54.7 Å². The SMILES string of the molecule is Cc1c[c-]c(-c2cc(C)c(C)cn2)cc1.[2H]C([2H])([2H])c1ccc2c(n1)oc1c(-c3nccc4cc(C([2H])([2H])C(C)(C)C)sc34)[c-]ccc12.[Ir]. The molecule has 0 bridgehead atoms. The van der Waals surface area contributed by atoms with Crippen molar-refractivity contribution < 1.29 is 31.4 Å². The predicted octanol–water partition coefficient (Wildman–Crippen LogP) is 10.4. The van der Waals surface area contributed by atoms with E-state index in [0.717, 1.165) is 32.1 Å². The molecule has 5 heterocycles. The van der Waals surface area contributed by atoms with Gasteiger partial charge in [-0.3, -0.25) is 0 Å². The molecular formula is C38H35IrN3OS-2. The van der Waals surface area contributed by atoms with E-state index < -0.39 is 18.6 Å². The molecule has 44 heavy (non-hydrogen) atoms. The summed E-state index contributed by atoms with van der Waals surface area (Å²) < 4.78 is 47.1. The third-order valence-electron chi connectivity index (χ3n) is 7.08. The Morgan fingerprint density at radius 3 is 2.52 bits per heavy atom. The summed E-state index contributed by atoms with van der Waals surface area (Å²) in [4.78, 5) is 13.9. The Bertz CT molecular complexity index is 2290. The summed E-state index contributed by atoms with van der Waals surface area (Å²) in [5, 5.41) is 2.41. The molecule has 0 aliphatic rings. The van der Waals surface area contributed by atoms with Gasteiger partial charge in [-0.2, -0.15) is 0 Å². The number of rotatable bonds is 3. The molecule has 0 saturated carbocycles. The first-order valence-electron chi connectivity index (χ1n) is 16.6. The van der Waals surface area contributed by atoms with Crippen molar-refractivity contribution in [3.63, 3.8) is 0 Å². The minimum atomic E-state index is -2.32. The summed E-state index contributed by atoms with van der Waals surface area (Å²) >= 11 is 1.38. The summed E-state index contributed by atoms with van der Waals surface area (Å²) in [5.41, 5.74) is 7.25. The van der Waals surface area contributed by atoms with Crippen molar-refractivity contribution >= 4 is 43.5 Å². The number of aromatic nitrogens is 3. The van der Waals surface area contributed by atoms with Gasteiger partial charge in [0.25, 0.3) is 0 Å². The minimum absolute atomic E-state index is 0. The molecule has 4 nitrogen and oxygen atoms in total. The van der Waals surface area contributed by atoms with Gasteiger partial charge >= 0.3 is 0 Å². The van der Waals surface area contributed by atoms with Crippen molar-refractivity contribution in [2.45, 2.75) is 54.8 Å². The van der Waals surface area contributed by atoms with E-state index in [-0.39, 0.29) is 31.5 Å². The van der Waals surface area contributed by atoms with Crippen LogP contribution in [0.5, 0.6) is 0 Å². The normalized spacial score (nSPS) is 13.7. The number of fused-ring (bicyclic) bond motifs is 4. The Balaban J connectivity index is 0.000000246. The first kappa shape index (κ1) is 25.6. The second kappa shape index (κ2) is 12.7. The monoisotopic (exact) mass is 779 g/mol. The van der Waals surface area contributed by atoms with Crippen LogP contribution in [-0.2, 0) is 26.5 Å². The number of thiophene rings is 1. The molecule has 0 aliphatic heterocycles. The average Bonchev–Trinajstić information content (AvgIpc) is 3.64. The van der Waals surface area contributed by atoms with Crippen LogP contribution >= 0.6 is 11.3 Å². The molecule has 0 saturated heterocycles. The van der Waals surface area contributed by atoms with Crippen molar-refractivity contribution in [1.82, 2.24) is 15.0 Å². The molecule has 1 radical (unpaired) electrons. The van der Waals surface area contributed by atoms with E-state index in [0.29, 0.717) is 21.7 Å². The Labute approximate surface area is 284 Å². The zero-order chi connectivity index (χ0) is 34.6. The fourth-order valence-corrected chi connectivity index (χ4v) is 6.06. The molecule has 225 valence electrons. The number of nitrogens with zero attached hydrogens (tertiary/aromatic N) is 3. The van der Waals surface area contributed by atoms with Crippen LogP contribution in [0.3, 0.4) is 0 Å². The third kappa shape index (κ3) is 6.68. The van der Waals surface area contributed by atoms with Crippen molar-refractivity contribution in [1.29, 1.82) is 0 Å². The molecule has 0 spiro atoms. The maximum atomic E-state index is 8.68. The van der Waals surface area contributed by atoms with Gasteiger partial charge in [0.2, 0.25) is 5.71 Å². The second-order valence-electron chi connectivity index (χ2n) is 11.7. The van der Waals surface area contributed by atoms with Crippen LogP contribution in [0, 0.1) is 45.2 Å². The van der Waals surface area contributed by atoms with Crippen molar-refractivity contribution in [3.8, 4) is 22.5 Å². The summed E-state index contributed by atoms with van der Waals surface area (Å²) in [6.07, 6.45) is 2.10. The van der Waals surface area contributed by atoms with Gasteiger partial charge in [-0.15, -0.1) is 64.9 Å². The van der Waals surface area contributed by atoms with Gasteiger partial charge in [-0.25, -0.2) is 4.98 Å². The van der Waals surface area contributed by atoms with Crippen LogP contribution in [0.15, 0.2) is 77.5 Å². The number of hydrogen-bond acceptors (Lipinski definition) is 5. The fourth-order valence-electron chi connectivity index (χ4n) is 4.81. The molecule has 2 aromatic carbocycles. The summed E-state index contributed by atoms with van der Waals surface area (Å²) in [6, 6.07) is 25.3. The van der Waals surface area contributed by atoms with Gasteiger partial charge in [0.1, 0.15) is 0 Å². The Morgan fingerprint density at radius 1 is 0.955 bits per heavy atom. The average molecular weight is 779 g/mol. The van der Waals surface area contributed by atoms with Gasteiger partial charge in [-0.05, 0) is 73.4 Å². The van der Waals surface area contributed by atoms with E-state index in [1.54, 1.807) is 18.3 Å². The van der Waals surface area contributed by atoms with E-state index in [4.69, 9.17) is 11.3 Å². The van der Waals surface area contributed by atoms with E-state index in [2.05, 4.69) is 66.1 Å². The van der Waals surface area contributed by atoms with Crippen LogP contribution < -0.4 is 0 Å². The molecule has 0 atom stereocenters. The third-order valence-corrected chi connectivity index (χ3v) is 8.16. The Hall–Kier alpha value is -3.70. The number of hydrogen-bond donors (Lipinski definition) is 0. The number of pyridine rings is 3. The predicted molar refractivity (Wildman–Crippen MR) is 180 cm³/mol. The maximum absolute atomic E-state index is 8.68. The van der Waals surface area contributed by atoms with Crippen LogP contribution in [0.4, 0.5) is 0 Å². The molecule has 5 aromatic heterocycles. The van der Waals surface area contributed by atoms with Gasteiger partial charge in [0, 0.05) is 65.7 Å². The topological polar surface area (TPSA) is 51.8 Å². The number of aryl methyl sites for hydroxylation is 4. The summed E-state index contributed by atoms with van der Waals surface area (Å²) in [6.45, 7) is 9.59. The fraction of sp³-hybridized carbons (Fsp3) is 0.237. The maximum Gasteiger partial charge on any atom is 0.216 e. The quantitative estimate of drug-likeness (QED) is 0.168. The van der Waals surface area contributed by atoms with E-state index in [1.165, 1.54) is 34.1 Å². The molecule has 0 unspecified atom stereocenters.